The maximum Gasteiger partial charge on any atom is 0.263 e. The first kappa shape index (κ1) is 13.3. The van der Waals surface area contributed by atoms with Gasteiger partial charge in [0.15, 0.2) is 22.6 Å². The molecule has 8 heteroatoms. The zero-order valence-corrected chi connectivity index (χ0v) is 10.2. The Bertz CT molecular complexity index is 630. The molecule has 0 aliphatic heterocycles. The summed E-state index contributed by atoms with van der Waals surface area (Å²) in [6, 6.07) is 1.86. The highest BCUT2D eigenvalue weighted by atomic mass is 32.1. The van der Waals surface area contributed by atoms with Crippen LogP contribution in [0.15, 0.2) is 18.3 Å². The van der Waals surface area contributed by atoms with Gasteiger partial charge in [0.05, 0.1) is 6.20 Å². The molecule has 1 aromatic carbocycles. The van der Waals surface area contributed by atoms with Crippen LogP contribution in [0.1, 0.15) is 15.2 Å². The van der Waals surface area contributed by atoms with E-state index in [1.54, 1.807) is 0 Å². The van der Waals surface area contributed by atoms with Crippen molar-refractivity contribution in [1.29, 1.82) is 0 Å². The lowest BCUT2D eigenvalue weighted by Crippen LogP contribution is -2.22. The highest BCUT2D eigenvalue weighted by Gasteiger charge is 2.15. The first-order chi connectivity index (χ1) is 8.99. The Labute approximate surface area is 110 Å². The zero-order valence-electron chi connectivity index (χ0n) is 9.41. The average Bonchev–Trinajstić information content (AvgIpc) is 2.81. The molecule has 0 saturated carbocycles. The van der Waals surface area contributed by atoms with Crippen molar-refractivity contribution in [3.8, 4) is 0 Å². The molecule has 2 aromatic rings. The molecule has 0 bridgehead atoms. The van der Waals surface area contributed by atoms with Gasteiger partial charge in [-0.1, -0.05) is 17.4 Å². The first-order valence-corrected chi connectivity index (χ1v) is 5.92. The summed E-state index contributed by atoms with van der Waals surface area (Å²) in [6.45, 7) is -0.264. The van der Waals surface area contributed by atoms with Gasteiger partial charge in [0, 0.05) is 12.1 Å². The second-order valence-electron chi connectivity index (χ2n) is 3.58. The number of nitrogens with zero attached hydrogens (tertiary/aromatic N) is 1. The number of nitrogens with one attached hydrogen (secondary N) is 1. The predicted molar refractivity (Wildman–Crippen MR) is 64.0 cm³/mol. The lowest BCUT2D eigenvalue weighted by Gasteiger charge is -2.06. The number of carbonyl (C=O) groups is 1. The number of amides is 1. The monoisotopic (exact) mass is 287 g/mol. The van der Waals surface area contributed by atoms with Crippen molar-refractivity contribution in [2.75, 3.05) is 5.73 Å². The second kappa shape index (κ2) is 5.27. The molecule has 1 amide bonds. The molecule has 3 N–H and O–H groups in total. The van der Waals surface area contributed by atoms with Gasteiger partial charge in [0.1, 0.15) is 4.88 Å². The number of nitrogen functional groups attached to an aromatic ring is 1. The fourth-order valence-electron chi connectivity index (χ4n) is 1.36. The number of thiazole rings is 1. The Kier molecular flexibility index (Phi) is 3.70. The summed E-state index contributed by atoms with van der Waals surface area (Å²) >= 11 is 0.968. The van der Waals surface area contributed by atoms with Crippen LogP contribution in [0.2, 0.25) is 0 Å². The molecule has 100 valence electrons. The molecule has 4 nitrogen and oxygen atoms in total. The van der Waals surface area contributed by atoms with Crippen LogP contribution in [0.3, 0.4) is 0 Å². The molecule has 0 spiro atoms. The SMILES string of the molecule is Nc1ncc(C(=O)NCc2ccc(F)c(F)c2F)s1. The molecule has 19 heavy (non-hydrogen) atoms. The predicted octanol–water partition coefficient (Wildman–Crippen LogP) is 2.07. The third-order valence-electron chi connectivity index (χ3n) is 2.30. The number of carbonyl (C=O) groups excluding carboxylic acids is 1. The zero-order chi connectivity index (χ0) is 14.0. The quantitative estimate of drug-likeness (QED) is 0.849. The van der Waals surface area contributed by atoms with Crippen LogP contribution in [0.25, 0.3) is 0 Å². The molecule has 0 radical (unpaired) electrons. The fraction of sp³-hybridized carbons (Fsp3) is 0.0909. The molecule has 0 fully saturated rings. The number of anilines is 1. The van der Waals surface area contributed by atoms with E-state index in [-0.39, 0.29) is 22.1 Å². The summed E-state index contributed by atoms with van der Waals surface area (Å²) in [5.74, 6) is -4.67. The third kappa shape index (κ3) is 2.84. The van der Waals surface area contributed by atoms with Gasteiger partial charge >= 0.3 is 0 Å². The van der Waals surface area contributed by atoms with E-state index in [0.717, 1.165) is 23.5 Å². The van der Waals surface area contributed by atoms with Gasteiger partial charge in [-0.05, 0) is 6.07 Å². The Morgan fingerprint density at radius 1 is 1.32 bits per heavy atom. The van der Waals surface area contributed by atoms with E-state index in [2.05, 4.69) is 10.3 Å². The van der Waals surface area contributed by atoms with Crippen molar-refractivity contribution in [2.45, 2.75) is 6.54 Å². The van der Waals surface area contributed by atoms with Gasteiger partial charge in [-0.15, -0.1) is 0 Å². The number of rotatable bonds is 3. The van der Waals surface area contributed by atoms with Crippen LogP contribution in [0, 0.1) is 17.5 Å². The summed E-state index contributed by atoms with van der Waals surface area (Å²) in [7, 11) is 0. The fourth-order valence-corrected chi connectivity index (χ4v) is 1.96. The topological polar surface area (TPSA) is 68.0 Å². The van der Waals surface area contributed by atoms with Crippen LogP contribution < -0.4 is 11.1 Å². The van der Waals surface area contributed by atoms with Crippen LogP contribution in [-0.4, -0.2) is 10.9 Å². The molecular weight excluding hydrogens is 279 g/mol. The van der Waals surface area contributed by atoms with Crippen LogP contribution in [0.5, 0.6) is 0 Å². The van der Waals surface area contributed by atoms with E-state index in [1.165, 1.54) is 6.20 Å². The number of hydrogen-bond acceptors (Lipinski definition) is 4. The number of nitrogens with two attached hydrogens (primary N) is 1. The van der Waals surface area contributed by atoms with Crippen molar-refractivity contribution < 1.29 is 18.0 Å². The number of hydrogen-bond donors (Lipinski definition) is 2. The standard InChI is InChI=1S/C11H8F3N3OS/c12-6-2-1-5(8(13)9(6)14)3-16-10(18)7-4-17-11(15)19-7/h1-2,4H,3H2,(H2,15,17)(H,16,18). The van der Waals surface area contributed by atoms with E-state index in [9.17, 15) is 18.0 Å². The molecule has 2 rings (SSSR count). The summed E-state index contributed by atoms with van der Waals surface area (Å²) in [4.78, 5) is 15.5. The minimum Gasteiger partial charge on any atom is -0.375 e. The van der Waals surface area contributed by atoms with Crippen molar-refractivity contribution in [2.24, 2.45) is 0 Å². The minimum absolute atomic E-state index is 0.148. The van der Waals surface area contributed by atoms with E-state index in [1.807, 2.05) is 0 Å². The van der Waals surface area contributed by atoms with Crippen molar-refractivity contribution in [3.05, 3.63) is 46.2 Å². The molecule has 0 atom stereocenters. The van der Waals surface area contributed by atoms with E-state index >= 15 is 0 Å². The Hall–Kier alpha value is -2.09. The lowest BCUT2D eigenvalue weighted by atomic mass is 10.2. The molecule has 1 heterocycles. The molecule has 0 aliphatic rings. The summed E-state index contributed by atoms with van der Waals surface area (Å²) in [5.41, 5.74) is 5.21. The van der Waals surface area contributed by atoms with Crippen LogP contribution >= 0.6 is 11.3 Å². The number of halogens is 3. The summed E-state index contributed by atoms with van der Waals surface area (Å²) in [5, 5.41) is 2.59. The largest absolute Gasteiger partial charge is 0.375 e. The number of benzene rings is 1. The van der Waals surface area contributed by atoms with Crippen molar-refractivity contribution in [1.82, 2.24) is 10.3 Å². The van der Waals surface area contributed by atoms with E-state index in [4.69, 9.17) is 5.73 Å². The second-order valence-corrected chi connectivity index (χ2v) is 4.64. The average molecular weight is 287 g/mol. The molecule has 0 aliphatic carbocycles. The highest BCUT2D eigenvalue weighted by molar-refractivity contribution is 7.17. The number of aromatic nitrogens is 1. The van der Waals surface area contributed by atoms with Gasteiger partial charge in [-0.3, -0.25) is 4.79 Å². The molecule has 0 saturated heterocycles. The Balaban J connectivity index is 2.07. The highest BCUT2D eigenvalue weighted by Crippen LogP contribution is 2.16. The normalized spacial score (nSPS) is 10.5. The van der Waals surface area contributed by atoms with Gasteiger partial charge in [-0.2, -0.15) is 0 Å². The molecular formula is C11H8F3N3OS. The molecule has 0 unspecified atom stereocenters. The third-order valence-corrected chi connectivity index (χ3v) is 3.13. The van der Waals surface area contributed by atoms with Crippen molar-refractivity contribution >= 4 is 22.4 Å². The van der Waals surface area contributed by atoms with E-state index in [0.29, 0.717) is 0 Å². The van der Waals surface area contributed by atoms with Gasteiger partial charge in [0.2, 0.25) is 0 Å². The summed E-state index contributed by atoms with van der Waals surface area (Å²) < 4.78 is 39.0. The maximum absolute atomic E-state index is 13.3. The van der Waals surface area contributed by atoms with Gasteiger partial charge in [-0.25, -0.2) is 18.2 Å². The Morgan fingerprint density at radius 2 is 2.05 bits per heavy atom. The van der Waals surface area contributed by atoms with Crippen LogP contribution in [-0.2, 0) is 6.54 Å². The lowest BCUT2D eigenvalue weighted by molar-refractivity contribution is 0.0954. The Morgan fingerprint density at radius 3 is 2.68 bits per heavy atom. The van der Waals surface area contributed by atoms with Crippen molar-refractivity contribution in [3.63, 3.8) is 0 Å². The minimum atomic E-state index is -1.56. The smallest absolute Gasteiger partial charge is 0.263 e. The maximum atomic E-state index is 13.3. The van der Waals surface area contributed by atoms with Crippen LogP contribution in [0.4, 0.5) is 18.3 Å². The summed E-state index contributed by atoms with van der Waals surface area (Å²) in [6.07, 6.45) is 1.27. The van der Waals surface area contributed by atoms with Gasteiger partial charge < -0.3 is 11.1 Å². The molecule has 1 aromatic heterocycles. The van der Waals surface area contributed by atoms with Gasteiger partial charge in [0.25, 0.3) is 5.91 Å². The van der Waals surface area contributed by atoms with E-state index < -0.39 is 23.4 Å². The first-order valence-electron chi connectivity index (χ1n) is 5.11.